The molecule has 0 saturated carbocycles. The highest BCUT2D eigenvalue weighted by Gasteiger charge is 2.26. The van der Waals surface area contributed by atoms with Crippen LogP contribution < -0.4 is 0 Å². The van der Waals surface area contributed by atoms with E-state index in [1.54, 1.807) is 0 Å². The van der Waals surface area contributed by atoms with Crippen LogP contribution in [0.2, 0.25) is 5.15 Å². The Kier molecular flexibility index (Phi) is 3.21. The molecule has 1 rings (SSSR count). The van der Waals surface area contributed by atoms with E-state index in [4.69, 9.17) is 11.6 Å². The van der Waals surface area contributed by atoms with E-state index in [1.807, 2.05) is 20.8 Å². The van der Waals surface area contributed by atoms with Gasteiger partial charge in [0.15, 0.2) is 0 Å². The van der Waals surface area contributed by atoms with Gasteiger partial charge in [-0.3, -0.25) is 0 Å². The maximum absolute atomic E-state index is 12.4. The van der Waals surface area contributed by atoms with Crippen LogP contribution in [0.1, 0.15) is 32.9 Å². The fraction of sp³-hybridized carbons (Fsp3) is 0.625. The highest BCUT2D eigenvalue weighted by molar-refractivity contribution is 9.10. The van der Waals surface area contributed by atoms with Gasteiger partial charge in [-0.2, -0.15) is 5.10 Å². The lowest BCUT2D eigenvalue weighted by Crippen LogP contribution is -2.23. The van der Waals surface area contributed by atoms with Crippen molar-refractivity contribution < 1.29 is 8.78 Å². The largest absolute Gasteiger partial charge is 0.283 e. The molecule has 0 atom stereocenters. The highest BCUT2D eigenvalue weighted by Crippen LogP contribution is 2.35. The predicted octanol–water partition coefficient (Wildman–Crippen LogP) is 3.99. The zero-order chi connectivity index (χ0) is 11.1. The summed E-state index contributed by atoms with van der Waals surface area (Å²) in [5, 5.41) is 3.97. The summed E-state index contributed by atoms with van der Waals surface area (Å²) in [5.41, 5.74) is -0.725. The van der Waals surface area contributed by atoms with Gasteiger partial charge in [0.25, 0.3) is 6.43 Å². The Labute approximate surface area is 94.4 Å². The number of alkyl halides is 2. The van der Waals surface area contributed by atoms with Crippen molar-refractivity contribution in [3.63, 3.8) is 0 Å². The van der Waals surface area contributed by atoms with E-state index in [-0.39, 0.29) is 15.3 Å². The van der Waals surface area contributed by atoms with Crippen molar-refractivity contribution in [2.75, 3.05) is 0 Å². The summed E-state index contributed by atoms with van der Waals surface area (Å²) in [5.74, 6) is 0. The average molecular weight is 288 g/mol. The van der Waals surface area contributed by atoms with Crippen LogP contribution in [0.4, 0.5) is 8.78 Å². The summed E-state index contributed by atoms with van der Waals surface area (Å²) in [4.78, 5) is 0. The van der Waals surface area contributed by atoms with E-state index in [9.17, 15) is 8.78 Å². The third-order valence-electron chi connectivity index (χ3n) is 1.64. The molecule has 0 unspecified atom stereocenters. The summed E-state index contributed by atoms with van der Waals surface area (Å²) < 4.78 is 26.4. The van der Waals surface area contributed by atoms with Crippen LogP contribution in [-0.2, 0) is 5.54 Å². The molecule has 0 saturated heterocycles. The third-order valence-corrected chi connectivity index (χ3v) is 3.00. The molecule has 0 aromatic carbocycles. The topological polar surface area (TPSA) is 17.8 Å². The predicted molar refractivity (Wildman–Crippen MR) is 54.9 cm³/mol. The lowest BCUT2D eigenvalue weighted by Gasteiger charge is -2.20. The number of aromatic nitrogens is 2. The molecule has 0 aliphatic heterocycles. The van der Waals surface area contributed by atoms with Crippen LogP contribution in [0, 0.1) is 0 Å². The van der Waals surface area contributed by atoms with Gasteiger partial charge in [-0.15, -0.1) is 0 Å². The normalized spacial score (nSPS) is 12.6. The Morgan fingerprint density at radius 1 is 1.43 bits per heavy atom. The molecule has 1 aromatic heterocycles. The van der Waals surface area contributed by atoms with E-state index >= 15 is 0 Å². The molecule has 0 fully saturated rings. The Bertz CT molecular complexity index is 344. The maximum atomic E-state index is 12.4. The monoisotopic (exact) mass is 286 g/mol. The number of halogens is 4. The van der Waals surface area contributed by atoms with Crippen molar-refractivity contribution in [1.29, 1.82) is 0 Å². The smallest absolute Gasteiger partial charge is 0.247 e. The molecule has 0 bridgehead atoms. The van der Waals surface area contributed by atoms with Gasteiger partial charge in [-0.25, -0.2) is 13.5 Å². The summed E-state index contributed by atoms with van der Waals surface area (Å²) in [6.45, 7) is 5.52. The molecule has 1 aromatic rings. The van der Waals surface area contributed by atoms with Crippen molar-refractivity contribution in [3.05, 3.63) is 15.3 Å². The fourth-order valence-electron chi connectivity index (χ4n) is 0.978. The first-order chi connectivity index (χ1) is 6.25. The lowest BCUT2D eigenvalue weighted by molar-refractivity contribution is 0.143. The van der Waals surface area contributed by atoms with E-state index < -0.39 is 12.0 Å². The van der Waals surface area contributed by atoms with Crippen LogP contribution in [0.25, 0.3) is 0 Å². The fourth-order valence-corrected chi connectivity index (χ4v) is 1.79. The minimum Gasteiger partial charge on any atom is -0.247 e. The molecular weight excluding hydrogens is 277 g/mol. The molecule has 80 valence electrons. The Hall–Kier alpha value is -0.160. The minimum absolute atomic E-state index is 0.170. The second-order valence-corrected chi connectivity index (χ2v) is 5.02. The van der Waals surface area contributed by atoms with Crippen molar-refractivity contribution in [1.82, 2.24) is 9.78 Å². The molecular formula is C8H10BrClF2N2. The first-order valence-corrected chi connectivity index (χ1v) is 5.14. The van der Waals surface area contributed by atoms with Crippen molar-refractivity contribution >= 4 is 27.5 Å². The Morgan fingerprint density at radius 3 is 2.14 bits per heavy atom. The Morgan fingerprint density at radius 2 is 1.93 bits per heavy atom. The summed E-state index contributed by atoms with van der Waals surface area (Å²) in [6.07, 6.45) is -2.62. The van der Waals surface area contributed by atoms with Crippen LogP contribution >= 0.6 is 27.5 Å². The van der Waals surface area contributed by atoms with E-state index in [2.05, 4.69) is 21.0 Å². The van der Waals surface area contributed by atoms with Gasteiger partial charge in [-0.05, 0) is 36.7 Å². The van der Waals surface area contributed by atoms with Crippen molar-refractivity contribution in [2.45, 2.75) is 32.7 Å². The van der Waals surface area contributed by atoms with Crippen molar-refractivity contribution in [3.8, 4) is 0 Å². The van der Waals surface area contributed by atoms with E-state index in [1.165, 1.54) is 4.68 Å². The van der Waals surface area contributed by atoms with E-state index in [0.717, 1.165) is 0 Å². The maximum Gasteiger partial charge on any atom is 0.283 e. The number of nitrogens with zero attached hydrogens (tertiary/aromatic N) is 2. The molecule has 6 heteroatoms. The van der Waals surface area contributed by atoms with Crippen LogP contribution in [0.5, 0.6) is 0 Å². The summed E-state index contributed by atoms with van der Waals surface area (Å²) in [7, 11) is 0. The quantitative estimate of drug-likeness (QED) is 0.763. The van der Waals surface area contributed by atoms with Gasteiger partial charge in [0, 0.05) is 0 Å². The molecule has 2 nitrogen and oxygen atoms in total. The molecule has 0 N–H and O–H groups in total. The Balaban J connectivity index is 3.29. The van der Waals surface area contributed by atoms with Crippen LogP contribution in [0.15, 0.2) is 4.47 Å². The van der Waals surface area contributed by atoms with Crippen molar-refractivity contribution in [2.24, 2.45) is 0 Å². The van der Waals surface area contributed by atoms with Gasteiger partial charge < -0.3 is 0 Å². The number of hydrogen-bond donors (Lipinski definition) is 0. The first kappa shape index (κ1) is 11.9. The van der Waals surface area contributed by atoms with Gasteiger partial charge >= 0.3 is 0 Å². The molecule has 0 aliphatic rings. The second-order valence-electron chi connectivity index (χ2n) is 3.87. The number of hydrogen-bond acceptors (Lipinski definition) is 1. The second kappa shape index (κ2) is 3.77. The van der Waals surface area contributed by atoms with E-state index in [0.29, 0.717) is 0 Å². The number of rotatable bonds is 1. The molecule has 0 amide bonds. The van der Waals surface area contributed by atoms with Crippen LogP contribution in [0.3, 0.4) is 0 Å². The highest BCUT2D eigenvalue weighted by atomic mass is 79.9. The zero-order valence-corrected chi connectivity index (χ0v) is 10.3. The molecule has 1 heterocycles. The summed E-state index contributed by atoms with van der Waals surface area (Å²) in [6, 6.07) is 0. The van der Waals surface area contributed by atoms with Gasteiger partial charge in [0.05, 0.1) is 10.0 Å². The average Bonchev–Trinajstić information content (AvgIpc) is 2.28. The van der Waals surface area contributed by atoms with Crippen LogP contribution in [-0.4, -0.2) is 9.78 Å². The lowest BCUT2D eigenvalue weighted by atomic mass is 10.1. The van der Waals surface area contributed by atoms with Gasteiger partial charge in [0.2, 0.25) is 0 Å². The first-order valence-electron chi connectivity index (χ1n) is 3.97. The summed E-state index contributed by atoms with van der Waals surface area (Å²) >= 11 is 8.86. The molecule has 14 heavy (non-hydrogen) atoms. The van der Waals surface area contributed by atoms with Gasteiger partial charge in [-0.1, -0.05) is 11.6 Å². The van der Waals surface area contributed by atoms with Gasteiger partial charge in [0.1, 0.15) is 10.8 Å². The zero-order valence-electron chi connectivity index (χ0n) is 7.98. The molecule has 0 radical (unpaired) electrons. The molecule has 0 aliphatic carbocycles. The third kappa shape index (κ3) is 2.08. The SMILES string of the molecule is CC(C)(C)n1nc(C(F)F)c(Br)c1Cl. The minimum atomic E-state index is -2.62. The molecule has 0 spiro atoms. The standard InChI is InChI=1S/C8H10BrClF2N2/c1-8(2,3)14-6(10)4(9)5(13-14)7(11)12/h7H,1-3H3.